The van der Waals surface area contributed by atoms with Crippen LogP contribution < -0.4 is 0 Å². The molecule has 0 radical (unpaired) electrons. The first-order valence-corrected chi connectivity index (χ1v) is 6.76. The molecule has 1 aliphatic heterocycles. The minimum atomic E-state index is -0.500. The van der Waals surface area contributed by atoms with E-state index in [1.165, 1.54) is 19.2 Å². The van der Waals surface area contributed by atoms with Crippen molar-refractivity contribution in [3.8, 4) is 0 Å². The second-order valence-corrected chi connectivity index (χ2v) is 5.33. The third kappa shape index (κ3) is 3.35. The van der Waals surface area contributed by atoms with E-state index in [9.17, 15) is 14.3 Å². The molecule has 4 nitrogen and oxygen atoms in total. The third-order valence-electron chi connectivity index (χ3n) is 3.80. The lowest BCUT2D eigenvalue weighted by Crippen LogP contribution is -2.39. The first-order chi connectivity index (χ1) is 9.51. The van der Waals surface area contributed by atoms with Crippen LogP contribution in [0.3, 0.4) is 0 Å². The van der Waals surface area contributed by atoms with E-state index < -0.39 is 12.1 Å². The van der Waals surface area contributed by atoms with Gasteiger partial charge in [0.1, 0.15) is 11.9 Å². The van der Waals surface area contributed by atoms with Gasteiger partial charge in [0, 0.05) is 19.5 Å². The highest BCUT2D eigenvalue weighted by atomic mass is 19.1. The number of aliphatic hydroxyl groups excluding tert-OH is 1. The molecule has 1 aromatic carbocycles. The van der Waals surface area contributed by atoms with Gasteiger partial charge >= 0.3 is 5.97 Å². The smallest absolute Gasteiger partial charge is 0.323 e. The molecule has 0 amide bonds. The number of β-amino-alcohol motifs (C(OH)–C–C–N with tert-alkyl or cyclic N) is 1. The van der Waals surface area contributed by atoms with Gasteiger partial charge in [-0.2, -0.15) is 0 Å². The zero-order valence-corrected chi connectivity index (χ0v) is 11.8. The van der Waals surface area contributed by atoms with E-state index in [1.807, 2.05) is 11.8 Å². The van der Waals surface area contributed by atoms with Crippen LogP contribution in [-0.4, -0.2) is 48.3 Å². The van der Waals surface area contributed by atoms with Crippen molar-refractivity contribution in [1.82, 2.24) is 4.90 Å². The standard InChI is InChI=1S/C15H20FNO3/c1-10(11-3-5-12(16)6-4-11)8-17-9-13(18)7-14(17)15(19)20-2/h3-6,10,13-14,18H,7-9H2,1-2H3/t10?,13-,14-/m0/s1. The molecule has 3 atom stereocenters. The lowest BCUT2D eigenvalue weighted by molar-refractivity contribution is -0.145. The van der Waals surface area contributed by atoms with Crippen LogP contribution in [0.5, 0.6) is 0 Å². The summed E-state index contributed by atoms with van der Waals surface area (Å²) in [4.78, 5) is 13.6. The molecule has 110 valence electrons. The van der Waals surface area contributed by atoms with E-state index in [1.54, 1.807) is 12.1 Å². The molecule has 1 aliphatic rings. The molecule has 0 spiro atoms. The van der Waals surface area contributed by atoms with Gasteiger partial charge in [0.05, 0.1) is 13.2 Å². The van der Waals surface area contributed by atoms with Gasteiger partial charge in [-0.25, -0.2) is 4.39 Å². The molecule has 1 fully saturated rings. The average Bonchev–Trinajstić information content (AvgIpc) is 2.79. The molecular formula is C15H20FNO3. The van der Waals surface area contributed by atoms with Crippen molar-refractivity contribution in [3.63, 3.8) is 0 Å². The first kappa shape index (κ1) is 14.9. The Balaban J connectivity index is 2.03. The Labute approximate surface area is 118 Å². The molecule has 0 saturated carbocycles. The van der Waals surface area contributed by atoms with Gasteiger partial charge in [0.25, 0.3) is 0 Å². The van der Waals surface area contributed by atoms with Crippen LogP contribution in [0.15, 0.2) is 24.3 Å². The number of rotatable bonds is 4. The van der Waals surface area contributed by atoms with Crippen molar-refractivity contribution in [2.75, 3.05) is 20.2 Å². The van der Waals surface area contributed by atoms with Gasteiger partial charge in [-0.15, -0.1) is 0 Å². The Morgan fingerprint density at radius 2 is 2.15 bits per heavy atom. The number of nitrogens with zero attached hydrogens (tertiary/aromatic N) is 1. The summed E-state index contributed by atoms with van der Waals surface area (Å²) in [5, 5.41) is 9.74. The molecule has 20 heavy (non-hydrogen) atoms. The van der Waals surface area contributed by atoms with Gasteiger partial charge in [-0.3, -0.25) is 9.69 Å². The van der Waals surface area contributed by atoms with E-state index in [0.29, 0.717) is 19.5 Å². The number of ether oxygens (including phenoxy) is 1. The highest BCUT2D eigenvalue weighted by Gasteiger charge is 2.37. The second-order valence-electron chi connectivity index (χ2n) is 5.33. The minimum absolute atomic E-state index is 0.146. The van der Waals surface area contributed by atoms with Crippen LogP contribution in [0, 0.1) is 5.82 Å². The molecule has 1 aromatic rings. The topological polar surface area (TPSA) is 49.8 Å². The van der Waals surface area contributed by atoms with Crippen LogP contribution in [-0.2, 0) is 9.53 Å². The number of esters is 1. The van der Waals surface area contributed by atoms with E-state index >= 15 is 0 Å². The summed E-state index contributed by atoms with van der Waals surface area (Å²) in [5.74, 6) is -0.425. The number of hydrogen-bond acceptors (Lipinski definition) is 4. The number of hydrogen-bond donors (Lipinski definition) is 1. The summed E-state index contributed by atoms with van der Waals surface area (Å²) in [6.45, 7) is 3.11. The fourth-order valence-corrected chi connectivity index (χ4v) is 2.71. The largest absolute Gasteiger partial charge is 0.468 e. The fourth-order valence-electron chi connectivity index (χ4n) is 2.71. The fraction of sp³-hybridized carbons (Fsp3) is 0.533. The summed E-state index contributed by atoms with van der Waals surface area (Å²) in [6.07, 6.45) is -0.0949. The van der Waals surface area contributed by atoms with E-state index in [4.69, 9.17) is 4.74 Å². The third-order valence-corrected chi connectivity index (χ3v) is 3.80. The Bertz CT molecular complexity index is 463. The summed E-state index contributed by atoms with van der Waals surface area (Å²) in [5.41, 5.74) is 1.01. The first-order valence-electron chi connectivity index (χ1n) is 6.76. The molecule has 1 heterocycles. The maximum absolute atomic E-state index is 12.9. The van der Waals surface area contributed by atoms with Gasteiger partial charge in [0.2, 0.25) is 0 Å². The van der Waals surface area contributed by atoms with E-state index in [2.05, 4.69) is 0 Å². The van der Waals surface area contributed by atoms with Crippen molar-refractivity contribution in [1.29, 1.82) is 0 Å². The van der Waals surface area contributed by atoms with Gasteiger partial charge in [-0.05, 0) is 23.6 Å². The van der Waals surface area contributed by atoms with Crippen molar-refractivity contribution >= 4 is 5.97 Å². The SMILES string of the molecule is COC(=O)[C@@H]1C[C@H](O)CN1CC(C)c1ccc(F)cc1. The highest BCUT2D eigenvalue weighted by Crippen LogP contribution is 2.24. The zero-order valence-electron chi connectivity index (χ0n) is 11.8. The number of methoxy groups -OCH3 is 1. The Hall–Kier alpha value is -1.46. The monoisotopic (exact) mass is 281 g/mol. The number of aliphatic hydroxyl groups is 1. The van der Waals surface area contributed by atoms with Crippen LogP contribution in [0.25, 0.3) is 0 Å². The molecule has 0 aromatic heterocycles. The van der Waals surface area contributed by atoms with Crippen LogP contribution >= 0.6 is 0 Å². The summed E-state index contributed by atoms with van der Waals surface area (Å²) in [6, 6.07) is 5.97. The van der Waals surface area contributed by atoms with Crippen molar-refractivity contribution in [2.45, 2.75) is 31.4 Å². The van der Waals surface area contributed by atoms with Gasteiger partial charge in [0.15, 0.2) is 0 Å². The molecule has 1 N–H and O–H groups in total. The maximum atomic E-state index is 12.9. The van der Waals surface area contributed by atoms with Crippen molar-refractivity contribution < 1.29 is 19.0 Å². The average molecular weight is 281 g/mol. The number of carbonyl (C=O) groups is 1. The molecular weight excluding hydrogens is 261 g/mol. The Morgan fingerprint density at radius 1 is 1.50 bits per heavy atom. The summed E-state index contributed by atoms with van der Waals surface area (Å²) in [7, 11) is 1.36. The van der Waals surface area contributed by atoms with Gasteiger partial charge < -0.3 is 9.84 Å². The lowest BCUT2D eigenvalue weighted by Gasteiger charge is -2.25. The van der Waals surface area contributed by atoms with Crippen LogP contribution in [0.4, 0.5) is 4.39 Å². The molecule has 5 heteroatoms. The zero-order chi connectivity index (χ0) is 14.7. The molecule has 0 bridgehead atoms. The van der Waals surface area contributed by atoms with Crippen LogP contribution in [0.2, 0.25) is 0 Å². The molecule has 1 unspecified atom stereocenters. The number of likely N-dealkylation sites (tertiary alicyclic amines) is 1. The van der Waals surface area contributed by atoms with Crippen molar-refractivity contribution in [3.05, 3.63) is 35.6 Å². The predicted octanol–water partition coefficient (Wildman–Crippen LogP) is 1.54. The van der Waals surface area contributed by atoms with Gasteiger partial charge in [-0.1, -0.05) is 19.1 Å². The molecule has 1 saturated heterocycles. The summed E-state index contributed by atoms with van der Waals surface area (Å²) >= 11 is 0. The Kier molecular flexibility index (Phi) is 4.73. The highest BCUT2D eigenvalue weighted by molar-refractivity contribution is 5.76. The van der Waals surface area contributed by atoms with E-state index in [0.717, 1.165) is 5.56 Å². The quantitative estimate of drug-likeness (QED) is 0.851. The minimum Gasteiger partial charge on any atom is -0.468 e. The number of benzene rings is 1. The van der Waals surface area contributed by atoms with Crippen molar-refractivity contribution in [2.24, 2.45) is 0 Å². The van der Waals surface area contributed by atoms with E-state index in [-0.39, 0.29) is 17.7 Å². The van der Waals surface area contributed by atoms with Crippen LogP contribution in [0.1, 0.15) is 24.8 Å². The Morgan fingerprint density at radius 3 is 2.75 bits per heavy atom. The maximum Gasteiger partial charge on any atom is 0.323 e. The number of halogens is 1. The molecule has 0 aliphatic carbocycles. The normalized spacial score (nSPS) is 24.6. The lowest BCUT2D eigenvalue weighted by atomic mass is 10.0. The molecule has 2 rings (SSSR count). The predicted molar refractivity (Wildman–Crippen MR) is 72.8 cm³/mol. The summed E-state index contributed by atoms with van der Waals surface area (Å²) < 4.78 is 17.7. The number of carbonyl (C=O) groups excluding carboxylic acids is 1. The second kappa shape index (κ2) is 6.33.